The Hall–Kier alpha value is -1.09. The number of hydrogen-bond acceptors (Lipinski definition) is 1. The van der Waals surface area contributed by atoms with Gasteiger partial charge in [0.05, 0.1) is 5.56 Å². The minimum absolute atomic E-state index is 0.136. The molecule has 2 rings (SSSR count). The summed E-state index contributed by atoms with van der Waals surface area (Å²) < 4.78 is 13.4. The summed E-state index contributed by atoms with van der Waals surface area (Å²) >= 11 is 5.89. The molecule has 0 spiro atoms. The fraction of sp³-hybridized carbons (Fsp3) is 0.462. The van der Waals surface area contributed by atoms with Gasteiger partial charge in [0, 0.05) is 19.0 Å². The van der Waals surface area contributed by atoms with E-state index in [0.29, 0.717) is 12.5 Å². The molecule has 0 atom stereocenters. The van der Waals surface area contributed by atoms with Crippen molar-refractivity contribution in [2.75, 3.05) is 13.6 Å². The average Bonchev–Trinajstić information content (AvgIpc) is 2.26. The van der Waals surface area contributed by atoms with Crippen LogP contribution in [0.25, 0.3) is 0 Å². The van der Waals surface area contributed by atoms with E-state index in [1.807, 2.05) is 0 Å². The lowest BCUT2D eigenvalue weighted by atomic mass is 9.84. The van der Waals surface area contributed by atoms with Crippen molar-refractivity contribution in [2.45, 2.75) is 18.2 Å². The molecule has 0 unspecified atom stereocenters. The molecule has 4 heteroatoms. The van der Waals surface area contributed by atoms with E-state index in [4.69, 9.17) is 11.6 Å². The molecule has 1 aromatic carbocycles. The first kappa shape index (κ1) is 12.4. The fourth-order valence-corrected chi connectivity index (χ4v) is 2.62. The average molecular weight is 256 g/mol. The SMILES string of the molecule is CN(CC1CC(Cl)C1)C(=O)c1ccccc1F. The van der Waals surface area contributed by atoms with E-state index in [1.165, 1.54) is 12.1 Å². The first-order valence-corrected chi connectivity index (χ1v) is 6.15. The smallest absolute Gasteiger partial charge is 0.256 e. The maximum Gasteiger partial charge on any atom is 0.256 e. The number of carbonyl (C=O) groups excluding carboxylic acids is 1. The molecular formula is C13H15ClFNO. The predicted octanol–water partition coefficient (Wildman–Crippen LogP) is 2.92. The Kier molecular flexibility index (Phi) is 3.67. The molecule has 0 aromatic heterocycles. The van der Waals surface area contributed by atoms with E-state index in [9.17, 15) is 9.18 Å². The standard InChI is InChI=1S/C13H15ClFNO/c1-16(8-9-6-10(14)7-9)13(17)11-4-2-3-5-12(11)15/h2-5,9-10H,6-8H2,1H3. The third-order valence-electron chi connectivity index (χ3n) is 3.16. The molecular weight excluding hydrogens is 241 g/mol. The molecule has 1 aromatic rings. The van der Waals surface area contributed by atoms with Gasteiger partial charge in [-0.05, 0) is 30.9 Å². The molecule has 1 aliphatic carbocycles. The van der Waals surface area contributed by atoms with Crippen molar-refractivity contribution >= 4 is 17.5 Å². The van der Waals surface area contributed by atoms with E-state index in [-0.39, 0.29) is 16.8 Å². The van der Waals surface area contributed by atoms with Crippen LogP contribution in [-0.4, -0.2) is 29.8 Å². The van der Waals surface area contributed by atoms with Crippen LogP contribution in [0.5, 0.6) is 0 Å². The summed E-state index contributed by atoms with van der Waals surface area (Å²) in [5, 5.41) is 0.247. The number of alkyl halides is 1. The van der Waals surface area contributed by atoms with Crippen LogP contribution in [0, 0.1) is 11.7 Å². The van der Waals surface area contributed by atoms with Crippen molar-refractivity contribution in [3.63, 3.8) is 0 Å². The molecule has 0 heterocycles. The van der Waals surface area contributed by atoms with Gasteiger partial charge in [-0.3, -0.25) is 4.79 Å². The molecule has 1 saturated carbocycles. The summed E-state index contributed by atoms with van der Waals surface area (Å²) in [6.07, 6.45) is 1.88. The van der Waals surface area contributed by atoms with E-state index in [0.717, 1.165) is 12.8 Å². The van der Waals surface area contributed by atoms with Crippen molar-refractivity contribution in [3.8, 4) is 0 Å². The van der Waals surface area contributed by atoms with Crippen molar-refractivity contribution in [3.05, 3.63) is 35.6 Å². The summed E-state index contributed by atoms with van der Waals surface area (Å²) in [5.74, 6) is -0.271. The summed E-state index contributed by atoms with van der Waals surface area (Å²) in [7, 11) is 1.70. The van der Waals surface area contributed by atoms with Crippen LogP contribution in [-0.2, 0) is 0 Å². The second-order valence-corrected chi connectivity index (χ2v) is 5.22. The van der Waals surface area contributed by atoms with Crippen LogP contribution in [0.3, 0.4) is 0 Å². The molecule has 0 saturated heterocycles. The lowest BCUT2D eigenvalue weighted by Gasteiger charge is -2.34. The van der Waals surface area contributed by atoms with Crippen molar-refractivity contribution < 1.29 is 9.18 Å². The molecule has 0 aliphatic heterocycles. The topological polar surface area (TPSA) is 20.3 Å². The monoisotopic (exact) mass is 255 g/mol. The summed E-state index contributed by atoms with van der Waals surface area (Å²) in [5.41, 5.74) is 0.136. The zero-order valence-electron chi connectivity index (χ0n) is 9.70. The van der Waals surface area contributed by atoms with Gasteiger partial charge in [-0.1, -0.05) is 12.1 Å². The van der Waals surface area contributed by atoms with Gasteiger partial charge in [0.2, 0.25) is 0 Å². The Labute approximate surface area is 105 Å². The number of carbonyl (C=O) groups is 1. The molecule has 0 N–H and O–H groups in total. The van der Waals surface area contributed by atoms with Crippen LogP contribution in [0.15, 0.2) is 24.3 Å². The molecule has 2 nitrogen and oxygen atoms in total. The maximum absolute atomic E-state index is 13.4. The molecule has 0 bridgehead atoms. The third kappa shape index (κ3) is 2.78. The molecule has 0 radical (unpaired) electrons. The summed E-state index contributed by atoms with van der Waals surface area (Å²) in [6, 6.07) is 6.07. The van der Waals surface area contributed by atoms with Crippen LogP contribution >= 0.6 is 11.6 Å². The van der Waals surface area contributed by atoms with Gasteiger partial charge in [0.15, 0.2) is 0 Å². The van der Waals surface area contributed by atoms with Gasteiger partial charge in [0.25, 0.3) is 5.91 Å². The van der Waals surface area contributed by atoms with Crippen LogP contribution in [0.2, 0.25) is 0 Å². The number of amides is 1. The molecule has 1 aliphatic rings. The van der Waals surface area contributed by atoms with Gasteiger partial charge in [-0.2, -0.15) is 0 Å². The summed E-state index contributed by atoms with van der Waals surface area (Å²) in [6.45, 7) is 0.649. The van der Waals surface area contributed by atoms with Gasteiger partial charge in [0.1, 0.15) is 5.82 Å². The fourth-order valence-electron chi connectivity index (χ4n) is 2.11. The highest BCUT2D eigenvalue weighted by atomic mass is 35.5. The van der Waals surface area contributed by atoms with Gasteiger partial charge in [-0.25, -0.2) is 4.39 Å². The van der Waals surface area contributed by atoms with Crippen molar-refractivity contribution in [1.29, 1.82) is 0 Å². The Balaban J connectivity index is 1.97. The normalized spacial score (nSPS) is 23.0. The first-order valence-electron chi connectivity index (χ1n) is 5.72. The minimum atomic E-state index is -0.465. The molecule has 1 amide bonds. The highest BCUT2D eigenvalue weighted by Gasteiger charge is 2.29. The largest absolute Gasteiger partial charge is 0.341 e. The van der Waals surface area contributed by atoms with Crippen LogP contribution in [0.1, 0.15) is 23.2 Å². The van der Waals surface area contributed by atoms with E-state index < -0.39 is 5.82 Å². The number of benzene rings is 1. The Morgan fingerprint density at radius 3 is 2.71 bits per heavy atom. The Morgan fingerprint density at radius 1 is 1.47 bits per heavy atom. The Morgan fingerprint density at radius 2 is 2.12 bits per heavy atom. The second-order valence-electron chi connectivity index (χ2n) is 4.60. The van der Waals surface area contributed by atoms with E-state index >= 15 is 0 Å². The highest BCUT2D eigenvalue weighted by molar-refractivity contribution is 6.21. The predicted molar refractivity (Wildman–Crippen MR) is 65.7 cm³/mol. The zero-order chi connectivity index (χ0) is 12.4. The van der Waals surface area contributed by atoms with Gasteiger partial charge < -0.3 is 4.90 Å². The highest BCUT2D eigenvalue weighted by Crippen LogP contribution is 2.32. The quantitative estimate of drug-likeness (QED) is 0.761. The lowest BCUT2D eigenvalue weighted by molar-refractivity contribution is 0.0742. The van der Waals surface area contributed by atoms with E-state index in [2.05, 4.69) is 0 Å². The molecule has 17 heavy (non-hydrogen) atoms. The number of hydrogen-bond donors (Lipinski definition) is 0. The second kappa shape index (κ2) is 5.05. The van der Waals surface area contributed by atoms with Crippen molar-refractivity contribution in [1.82, 2.24) is 4.90 Å². The van der Waals surface area contributed by atoms with Gasteiger partial charge in [-0.15, -0.1) is 11.6 Å². The first-order chi connectivity index (χ1) is 8.08. The van der Waals surface area contributed by atoms with Gasteiger partial charge >= 0.3 is 0 Å². The van der Waals surface area contributed by atoms with Crippen LogP contribution in [0.4, 0.5) is 4.39 Å². The molecule has 1 fully saturated rings. The van der Waals surface area contributed by atoms with Crippen LogP contribution < -0.4 is 0 Å². The van der Waals surface area contributed by atoms with E-state index in [1.54, 1.807) is 24.1 Å². The number of rotatable bonds is 3. The lowest BCUT2D eigenvalue weighted by Crippen LogP contribution is -2.38. The molecule has 92 valence electrons. The maximum atomic E-state index is 13.4. The minimum Gasteiger partial charge on any atom is -0.341 e. The third-order valence-corrected chi connectivity index (χ3v) is 3.52. The van der Waals surface area contributed by atoms with Crippen molar-refractivity contribution in [2.24, 2.45) is 5.92 Å². The number of nitrogens with zero attached hydrogens (tertiary/aromatic N) is 1. The Bertz CT molecular complexity index is 418. The summed E-state index contributed by atoms with van der Waals surface area (Å²) in [4.78, 5) is 13.6. The number of halogens is 2. The zero-order valence-corrected chi connectivity index (χ0v) is 10.5.